The number of ether oxygens (including phenoxy) is 2. The molecule has 7 heteroatoms. The van der Waals surface area contributed by atoms with E-state index in [1.807, 2.05) is 72.8 Å². The van der Waals surface area contributed by atoms with Gasteiger partial charge in [0, 0.05) is 24.1 Å². The fourth-order valence-corrected chi connectivity index (χ4v) is 4.38. The number of carbonyl (C=O) groups excluding carboxylic acids is 1. The Morgan fingerprint density at radius 2 is 1.68 bits per heavy atom. The van der Waals surface area contributed by atoms with Crippen molar-refractivity contribution in [1.29, 1.82) is 0 Å². The molecule has 1 atom stereocenters. The lowest BCUT2D eigenvalue weighted by molar-refractivity contribution is 0.0910. The lowest BCUT2D eigenvalue weighted by Gasteiger charge is -2.13. The molecule has 0 aliphatic heterocycles. The van der Waals surface area contributed by atoms with Crippen molar-refractivity contribution in [3.05, 3.63) is 95.2 Å². The molecular weight excluding hydrogens is 430 g/mol. The van der Waals surface area contributed by atoms with Gasteiger partial charge in [-0.3, -0.25) is 4.79 Å². The Labute approximate surface area is 197 Å². The second-order valence-electron chi connectivity index (χ2n) is 8.10. The number of methoxy groups -OCH3 is 2. The van der Waals surface area contributed by atoms with E-state index in [0.29, 0.717) is 23.6 Å². The van der Waals surface area contributed by atoms with Gasteiger partial charge in [0.05, 0.1) is 31.7 Å². The van der Waals surface area contributed by atoms with E-state index in [9.17, 15) is 9.90 Å². The molecule has 0 saturated carbocycles. The number of nitrogens with one attached hydrogen (secondary N) is 1. The van der Waals surface area contributed by atoms with E-state index in [1.165, 1.54) is 0 Å². The predicted molar refractivity (Wildman–Crippen MR) is 129 cm³/mol. The normalized spacial score (nSPS) is 12.6. The van der Waals surface area contributed by atoms with Crippen LogP contribution in [-0.2, 0) is 6.42 Å². The van der Waals surface area contributed by atoms with Crippen LogP contribution in [-0.4, -0.2) is 41.6 Å². The third-order valence-electron chi connectivity index (χ3n) is 6.07. The van der Waals surface area contributed by atoms with E-state index in [2.05, 4.69) is 5.32 Å². The largest absolute Gasteiger partial charge is 0.493 e. The van der Waals surface area contributed by atoms with Gasteiger partial charge in [-0.05, 0) is 35.4 Å². The van der Waals surface area contributed by atoms with Gasteiger partial charge in [-0.15, -0.1) is 0 Å². The highest BCUT2D eigenvalue weighted by Crippen LogP contribution is 2.44. The zero-order valence-electron chi connectivity index (χ0n) is 19.0. The van der Waals surface area contributed by atoms with Gasteiger partial charge in [0.25, 0.3) is 5.91 Å². The SMILES string of the molecule is COc1cc2c(cc1OC)-c1c(c(C(=O)NC[C@H](O)c3ccccc3)nn1-c1ccccc1)C2. The number of hydrogen-bond acceptors (Lipinski definition) is 5. The van der Waals surface area contributed by atoms with Gasteiger partial charge < -0.3 is 19.9 Å². The molecule has 0 unspecified atom stereocenters. The summed E-state index contributed by atoms with van der Waals surface area (Å²) in [6, 6.07) is 22.8. The highest BCUT2D eigenvalue weighted by atomic mass is 16.5. The van der Waals surface area contributed by atoms with Crippen molar-refractivity contribution in [2.75, 3.05) is 20.8 Å². The molecule has 4 aromatic rings. The minimum absolute atomic E-state index is 0.0877. The molecule has 1 heterocycles. The van der Waals surface area contributed by atoms with Gasteiger partial charge in [0.1, 0.15) is 0 Å². The highest BCUT2D eigenvalue weighted by Gasteiger charge is 2.32. The topological polar surface area (TPSA) is 85.6 Å². The zero-order chi connectivity index (χ0) is 23.7. The Balaban J connectivity index is 1.53. The fourth-order valence-electron chi connectivity index (χ4n) is 4.38. The molecule has 0 spiro atoms. The lowest BCUT2D eigenvalue weighted by Crippen LogP contribution is -2.29. The van der Waals surface area contributed by atoms with Crippen LogP contribution in [0.15, 0.2) is 72.8 Å². The van der Waals surface area contributed by atoms with E-state index in [1.54, 1.807) is 18.9 Å². The number of hydrogen-bond donors (Lipinski definition) is 2. The Morgan fingerprint density at radius 1 is 1.03 bits per heavy atom. The van der Waals surface area contributed by atoms with Crippen molar-refractivity contribution < 1.29 is 19.4 Å². The Morgan fingerprint density at radius 3 is 2.35 bits per heavy atom. The molecule has 0 radical (unpaired) electrons. The number of carbonyl (C=O) groups is 1. The molecule has 172 valence electrons. The van der Waals surface area contributed by atoms with Crippen molar-refractivity contribution in [2.45, 2.75) is 12.5 Å². The van der Waals surface area contributed by atoms with Gasteiger partial charge in [-0.25, -0.2) is 4.68 Å². The smallest absolute Gasteiger partial charge is 0.272 e. The second kappa shape index (κ2) is 9.03. The molecule has 3 aromatic carbocycles. The van der Waals surface area contributed by atoms with Crippen LogP contribution in [0.5, 0.6) is 11.5 Å². The quantitative estimate of drug-likeness (QED) is 0.389. The summed E-state index contributed by atoms with van der Waals surface area (Å²) in [6.07, 6.45) is -0.262. The number of aliphatic hydroxyl groups is 1. The first-order valence-electron chi connectivity index (χ1n) is 11.0. The van der Waals surface area contributed by atoms with Gasteiger partial charge in [-0.1, -0.05) is 48.5 Å². The van der Waals surface area contributed by atoms with E-state index in [4.69, 9.17) is 14.6 Å². The summed E-state index contributed by atoms with van der Waals surface area (Å²) in [5.41, 5.74) is 5.62. The number of rotatable bonds is 7. The van der Waals surface area contributed by atoms with Crippen LogP contribution in [0.25, 0.3) is 16.9 Å². The lowest BCUT2D eigenvalue weighted by atomic mass is 10.1. The molecule has 0 bridgehead atoms. The van der Waals surface area contributed by atoms with Crippen molar-refractivity contribution in [2.24, 2.45) is 0 Å². The molecule has 1 aromatic heterocycles. The third-order valence-corrected chi connectivity index (χ3v) is 6.07. The summed E-state index contributed by atoms with van der Waals surface area (Å²) in [6.45, 7) is 0.0877. The summed E-state index contributed by atoms with van der Waals surface area (Å²) in [7, 11) is 3.21. The summed E-state index contributed by atoms with van der Waals surface area (Å²) in [5, 5.41) is 18.0. The van der Waals surface area contributed by atoms with Gasteiger partial charge in [0.15, 0.2) is 17.2 Å². The van der Waals surface area contributed by atoms with E-state index in [-0.39, 0.29) is 12.5 Å². The number of aliphatic hydroxyl groups excluding tert-OH is 1. The maximum atomic E-state index is 13.2. The Bertz CT molecular complexity index is 1330. The summed E-state index contributed by atoms with van der Waals surface area (Å²) >= 11 is 0. The summed E-state index contributed by atoms with van der Waals surface area (Å²) in [4.78, 5) is 13.2. The van der Waals surface area contributed by atoms with Crippen LogP contribution in [0, 0.1) is 0 Å². The van der Waals surface area contributed by atoms with Crippen LogP contribution in [0.1, 0.15) is 33.3 Å². The predicted octanol–water partition coefficient (Wildman–Crippen LogP) is 3.92. The molecule has 2 N–H and O–H groups in total. The molecule has 0 fully saturated rings. The Kier molecular flexibility index (Phi) is 5.77. The summed E-state index contributed by atoms with van der Waals surface area (Å²) < 4.78 is 12.8. The van der Waals surface area contributed by atoms with Gasteiger partial charge in [0.2, 0.25) is 0 Å². The second-order valence-corrected chi connectivity index (χ2v) is 8.10. The standard InChI is InChI=1S/C27H25N3O4/c1-33-23-14-18-13-21-25(27(32)28-16-22(31)17-9-5-3-6-10-17)29-30(19-11-7-4-8-12-19)26(21)20(18)15-24(23)34-2/h3-12,14-15,22,31H,13,16H2,1-2H3,(H,28,32)/t22-/m0/s1. The highest BCUT2D eigenvalue weighted by molar-refractivity contribution is 5.97. The average Bonchev–Trinajstić information content (AvgIpc) is 3.44. The van der Waals surface area contributed by atoms with Crippen LogP contribution in [0.4, 0.5) is 0 Å². The molecule has 1 aliphatic rings. The first kappa shape index (κ1) is 21.7. The average molecular weight is 456 g/mol. The minimum Gasteiger partial charge on any atom is -0.493 e. The van der Waals surface area contributed by atoms with Crippen LogP contribution < -0.4 is 14.8 Å². The van der Waals surface area contributed by atoms with Gasteiger partial charge >= 0.3 is 0 Å². The monoisotopic (exact) mass is 455 g/mol. The molecule has 7 nitrogen and oxygen atoms in total. The van der Waals surface area contributed by atoms with E-state index < -0.39 is 6.10 Å². The first-order valence-corrected chi connectivity index (χ1v) is 11.0. The fraction of sp³-hybridized carbons (Fsp3) is 0.185. The molecule has 0 saturated heterocycles. The number of amides is 1. The minimum atomic E-state index is -0.805. The summed E-state index contributed by atoms with van der Waals surface area (Å²) in [5.74, 6) is 0.933. The number of aromatic nitrogens is 2. The van der Waals surface area contributed by atoms with Crippen LogP contribution >= 0.6 is 0 Å². The van der Waals surface area contributed by atoms with Crippen molar-refractivity contribution in [3.8, 4) is 28.4 Å². The maximum absolute atomic E-state index is 13.2. The van der Waals surface area contributed by atoms with Crippen LogP contribution in [0.2, 0.25) is 0 Å². The number of fused-ring (bicyclic) bond motifs is 3. The molecule has 5 rings (SSSR count). The molecular formula is C27H25N3O4. The number of para-hydroxylation sites is 1. The third kappa shape index (κ3) is 3.80. The zero-order valence-corrected chi connectivity index (χ0v) is 19.0. The van der Waals surface area contributed by atoms with E-state index in [0.717, 1.165) is 33.6 Å². The van der Waals surface area contributed by atoms with Crippen molar-refractivity contribution >= 4 is 5.91 Å². The first-order chi connectivity index (χ1) is 16.6. The molecule has 1 amide bonds. The number of benzene rings is 3. The van der Waals surface area contributed by atoms with E-state index >= 15 is 0 Å². The van der Waals surface area contributed by atoms with Crippen molar-refractivity contribution in [3.63, 3.8) is 0 Å². The maximum Gasteiger partial charge on any atom is 0.272 e. The number of nitrogens with zero attached hydrogens (tertiary/aromatic N) is 2. The van der Waals surface area contributed by atoms with Gasteiger partial charge in [-0.2, -0.15) is 5.10 Å². The Hall–Kier alpha value is -4.10. The molecule has 34 heavy (non-hydrogen) atoms. The molecule has 1 aliphatic carbocycles. The van der Waals surface area contributed by atoms with Crippen molar-refractivity contribution in [1.82, 2.24) is 15.1 Å². The van der Waals surface area contributed by atoms with Crippen LogP contribution in [0.3, 0.4) is 0 Å².